The molecule has 7 nitrogen and oxygen atoms in total. The molecule has 2 aromatic carbocycles. The maximum absolute atomic E-state index is 12.7. The van der Waals surface area contributed by atoms with Crippen LogP contribution in [0, 0.1) is 18.8 Å². The molecular formula is C30H34N4O3. The Morgan fingerprint density at radius 3 is 2.70 bits per heavy atom. The molecule has 0 radical (unpaired) electrons. The largest absolute Gasteiger partial charge is 0.396 e. The molecule has 1 atom stereocenters. The number of carbonyl (C=O) groups excluding carboxylic acids is 1. The summed E-state index contributed by atoms with van der Waals surface area (Å²) in [4.78, 5) is 17.4. The molecule has 4 aromatic rings. The number of fused-ring (bicyclic) bond motifs is 1. The van der Waals surface area contributed by atoms with Crippen LogP contribution in [0.4, 0.5) is 5.69 Å². The van der Waals surface area contributed by atoms with E-state index in [-0.39, 0.29) is 24.9 Å². The van der Waals surface area contributed by atoms with Crippen LogP contribution in [-0.2, 0) is 6.61 Å². The van der Waals surface area contributed by atoms with Crippen molar-refractivity contribution in [3.63, 3.8) is 0 Å². The minimum absolute atomic E-state index is 0.0843. The Labute approximate surface area is 217 Å². The van der Waals surface area contributed by atoms with Crippen LogP contribution >= 0.6 is 0 Å². The van der Waals surface area contributed by atoms with Crippen LogP contribution in [0.3, 0.4) is 0 Å². The number of anilines is 1. The predicted octanol–water partition coefficient (Wildman–Crippen LogP) is 5.28. The maximum Gasteiger partial charge on any atom is 0.177 e. The third-order valence-electron chi connectivity index (χ3n) is 7.19. The van der Waals surface area contributed by atoms with Gasteiger partial charge in [-0.2, -0.15) is 5.10 Å². The van der Waals surface area contributed by atoms with Crippen molar-refractivity contribution in [2.75, 3.05) is 18.5 Å². The van der Waals surface area contributed by atoms with Crippen LogP contribution in [0.5, 0.6) is 0 Å². The number of nitrogens with one attached hydrogen (secondary N) is 1. The van der Waals surface area contributed by atoms with Gasteiger partial charge in [0.05, 0.1) is 29.9 Å². The number of aliphatic hydroxyl groups is 2. The molecule has 0 aliphatic heterocycles. The van der Waals surface area contributed by atoms with Crippen LogP contribution < -0.4 is 5.32 Å². The minimum atomic E-state index is -0.0843. The second-order valence-electron chi connectivity index (χ2n) is 10.2. The van der Waals surface area contributed by atoms with Crippen molar-refractivity contribution in [3.8, 4) is 22.5 Å². The highest BCUT2D eigenvalue weighted by Gasteiger charge is 2.25. The van der Waals surface area contributed by atoms with E-state index >= 15 is 0 Å². The van der Waals surface area contributed by atoms with E-state index in [4.69, 9.17) is 10.1 Å². The third kappa shape index (κ3) is 5.43. The highest BCUT2D eigenvalue weighted by Crippen LogP contribution is 2.35. The molecule has 2 aromatic heterocycles. The Morgan fingerprint density at radius 2 is 1.97 bits per heavy atom. The summed E-state index contributed by atoms with van der Waals surface area (Å²) in [6, 6.07) is 15.6. The number of carbonyl (C=O) groups is 1. The summed E-state index contributed by atoms with van der Waals surface area (Å²) in [5, 5.41) is 27.8. The summed E-state index contributed by atoms with van der Waals surface area (Å²) in [6.45, 7) is 4.75. The van der Waals surface area contributed by atoms with Crippen LogP contribution in [0.1, 0.15) is 54.1 Å². The van der Waals surface area contributed by atoms with E-state index in [0.29, 0.717) is 24.5 Å². The highest BCUT2D eigenvalue weighted by molar-refractivity contribution is 5.98. The predicted molar refractivity (Wildman–Crippen MR) is 146 cm³/mol. The van der Waals surface area contributed by atoms with E-state index in [2.05, 4.69) is 5.32 Å². The number of rotatable bonds is 11. The monoisotopic (exact) mass is 498 g/mol. The van der Waals surface area contributed by atoms with E-state index < -0.39 is 0 Å². The zero-order valence-electron chi connectivity index (χ0n) is 21.4. The van der Waals surface area contributed by atoms with Crippen LogP contribution in [0.25, 0.3) is 28.2 Å². The Kier molecular flexibility index (Phi) is 7.35. The average molecular weight is 499 g/mol. The number of nitrogens with zero attached hydrogens (tertiary/aromatic N) is 3. The SMILES string of the molecule is Cc1cc(-c2cnc3c(NCCC(C)CO)cc(-c4ccccc4CO)nn23)ccc1C(=O)CC1CC1. The highest BCUT2D eigenvalue weighted by atomic mass is 16.3. The first kappa shape index (κ1) is 25.1. The molecule has 0 bridgehead atoms. The molecule has 1 saturated carbocycles. The molecule has 0 amide bonds. The zero-order valence-corrected chi connectivity index (χ0v) is 21.4. The second-order valence-corrected chi connectivity index (χ2v) is 10.2. The van der Waals surface area contributed by atoms with Crippen LogP contribution in [0.15, 0.2) is 54.7 Å². The van der Waals surface area contributed by atoms with E-state index in [1.54, 1.807) is 0 Å². The molecule has 1 aliphatic carbocycles. The van der Waals surface area contributed by atoms with Crippen LogP contribution in [-0.4, -0.2) is 43.7 Å². The summed E-state index contributed by atoms with van der Waals surface area (Å²) in [5.74, 6) is 0.967. The topological polar surface area (TPSA) is 99.8 Å². The number of aromatic nitrogens is 3. The van der Waals surface area contributed by atoms with Gasteiger partial charge in [-0.15, -0.1) is 0 Å². The minimum Gasteiger partial charge on any atom is -0.396 e. The van der Waals surface area contributed by atoms with Crippen molar-refractivity contribution in [1.82, 2.24) is 14.6 Å². The lowest BCUT2D eigenvalue weighted by molar-refractivity contribution is 0.0975. The number of Topliss-reactive ketones (excluding diaryl/α,β-unsaturated/α-hetero) is 1. The van der Waals surface area contributed by atoms with Gasteiger partial charge in [0.2, 0.25) is 0 Å². The first-order valence-corrected chi connectivity index (χ1v) is 13.0. The van der Waals surface area contributed by atoms with Crippen molar-refractivity contribution in [2.45, 2.75) is 46.1 Å². The number of aryl methyl sites for hydroxylation is 1. The summed E-state index contributed by atoms with van der Waals surface area (Å²) in [7, 11) is 0. The Hall–Kier alpha value is -3.55. The van der Waals surface area contributed by atoms with E-state index in [1.165, 1.54) is 0 Å². The van der Waals surface area contributed by atoms with Gasteiger partial charge in [0, 0.05) is 36.3 Å². The number of imidazole rings is 1. The summed E-state index contributed by atoms with van der Waals surface area (Å²) in [5.41, 5.74) is 7.42. The van der Waals surface area contributed by atoms with Gasteiger partial charge in [-0.25, -0.2) is 9.50 Å². The Balaban J connectivity index is 1.56. The molecule has 2 heterocycles. The fourth-order valence-electron chi connectivity index (χ4n) is 4.71. The normalized spacial score (nSPS) is 14.2. The van der Waals surface area contributed by atoms with Gasteiger partial charge in [0.25, 0.3) is 0 Å². The van der Waals surface area contributed by atoms with Crippen molar-refractivity contribution in [1.29, 1.82) is 0 Å². The van der Waals surface area contributed by atoms with Crippen molar-refractivity contribution >= 4 is 17.1 Å². The van der Waals surface area contributed by atoms with Crippen molar-refractivity contribution < 1.29 is 15.0 Å². The van der Waals surface area contributed by atoms with Gasteiger partial charge in [0.15, 0.2) is 11.4 Å². The molecule has 5 rings (SSSR count). The number of aliphatic hydroxyl groups excluding tert-OH is 2. The first-order chi connectivity index (χ1) is 18.0. The summed E-state index contributed by atoms with van der Waals surface area (Å²) in [6.07, 6.45) is 5.58. The molecular weight excluding hydrogens is 464 g/mol. The van der Waals surface area contributed by atoms with E-state index in [0.717, 1.165) is 64.2 Å². The van der Waals surface area contributed by atoms with Gasteiger partial charge >= 0.3 is 0 Å². The summed E-state index contributed by atoms with van der Waals surface area (Å²) < 4.78 is 1.84. The molecule has 0 saturated heterocycles. The number of benzene rings is 2. The lowest BCUT2D eigenvalue weighted by atomic mass is 9.98. The molecule has 7 heteroatoms. The van der Waals surface area contributed by atoms with Crippen molar-refractivity contribution in [3.05, 3.63) is 71.4 Å². The van der Waals surface area contributed by atoms with Crippen LogP contribution in [0.2, 0.25) is 0 Å². The average Bonchev–Trinajstić information content (AvgIpc) is 3.62. The zero-order chi connectivity index (χ0) is 25.9. The Morgan fingerprint density at radius 1 is 1.16 bits per heavy atom. The molecule has 37 heavy (non-hydrogen) atoms. The Bertz CT molecular complexity index is 1420. The van der Waals surface area contributed by atoms with Gasteiger partial charge in [-0.1, -0.05) is 43.3 Å². The quantitative estimate of drug-likeness (QED) is 0.243. The third-order valence-corrected chi connectivity index (χ3v) is 7.19. The second kappa shape index (κ2) is 10.8. The van der Waals surface area contributed by atoms with Gasteiger partial charge in [0.1, 0.15) is 0 Å². The lowest BCUT2D eigenvalue weighted by Crippen LogP contribution is -2.11. The standard InChI is InChI=1S/C30H34N4O3/c1-19(17-35)11-12-31-27-15-26(25-6-4-3-5-23(25)18-36)33-34-28(16-32-30(27)34)22-9-10-24(20(2)13-22)29(37)14-21-7-8-21/h3-6,9-10,13,15-16,19,21,31,35-36H,7-8,11-12,14,17-18H2,1-2H3. The molecule has 1 unspecified atom stereocenters. The maximum atomic E-state index is 12.7. The van der Waals surface area contributed by atoms with E-state index in [1.807, 2.05) is 73.1 Å². The molecule has 192 valence electrons. The molecule has 1 aliphatic rings. The van der Waals surface area contributed by atoms with Gasteiger partial charge in [-0.05, 0) is 61.3 Å². The summed E-state index contributed by atoms with van der Waals surface area (Å²) >= 11 is 0. The molecule has 1 fully saturated rings. The first-order valence-electron chi connectivity index (χ1n) is 13.0. The molecule has 0 spiro atoms. The smallest absolute Gasteiger partial charge is 0.177 e. The fraction of sp³-hybridized carbons (Fsp3) is 0.367. The van der Waals surface area contributed by atoms with E-state index in [9.17, 15) is 15.0 Å². The number of ketones is 1. The molecule has 3 N–H and O–H groups in total. The number of hydrogen-bond acceptors (Lipinski definition) is 6. The van der Waals surface area contributed by atoms with Crippen molar-refractivity contribution in [2.24, 2.45) is 11.8 Å². The number of hydrogen-bond donors (Lipinski definition) is 3. The lowest BCUT2D eigenvalue weighted by Gasteiger charge is -2.14. The fourth-order valence-corrected chi connectivity index (χ4v) is 4.71. The van der Waals surface area contributed by atoms with Gasteiger partial charge < -0.3 is 15.5 Å². The van der Waals surface area contributed by atoms with Gasteiger partial charge in [-0.3, -0.25) is 4.79 Å².